The van der Waals surface area contributed by atoms with Crippen molar-refractivity contribution in [2.75, 3.05) is 11.9 Å². The quantitative estimate of drug-likeness (QED) is 0.465. The van der Waals surface area contributed by atoms with Gasteiger partial charge < -0.3 is 25.0 Å². The molecule has 11 nitrogen and oxygen atoms in total. The number of imide groups is 1. The van der Waals surface area contributed by atoms with Crippen LogP contribution in [0.4, 0.5) is 19.7 Å². The maximum Gasteiger partial charge on any atom is 0.418 e. The first-order valence-corrected chi connectivity index (χ1v) is 16.3. The van der Waals surface area contributed by atoms with Gasteiger partial charge in [0.05, 0.1) is 0 Å². The van der Waals surface area contributed by atoms with Crippen molar-refractivity contribution in [3.8, 4) is 0 Å². The number of anilines is 1. The number of hydrogen-bond donors (Lipinski definition) is 2. The van der Waals surface area contributed by atoms with E-state index in [1.165, 1.54) is 12.1 Å². The number of alkyl carbamates (subject to hydrolysis) is 1. The average molecular weight is 647 g/mol. The maximum absolute atomic E-state index is 14.0. The van der Waals surface area contributed by atoms with Crippen molar-refractivity contribution in [3.63, 3.8) is 0 Å². The number of benzene rings is 2. The molecule has 248 valence electrons. The lowest BCUT2D eigenvalue weighted by atomic mass is 9.94. The normalized spacial score (nSPS) is 24.3. The molecular formula is C35H39FN4O7. The van der Waals surface area contributed by atoms with Gasteiger partial charge in [0, 0.05) is 30.3 Å². The van der Waals surface area contributed by atoms with Crippen LogP contribution in [-0.2, 0) is 48.8 Å². The second kappa shape index (κ2) is 11.1. The van der Waals surface area contributed by atoms with Crippen molar-refractivity contribution >= 4 is 35.6 Å². The van der Waals surface area contributed by atoms with Crippen LogP contribution in [0.2, 0.25) is 0 Å². The van der Waals surface area contributed by atoms with E-state index in [0.717, 1.165) is 34.4 Å². The van der Waals surface area contributed by atoms with Crippen LogP contribution < -0.4 is 10.6 Å². The number of nitrogens with zero attached hydrogens (tertiary/aromatic N) is 2. The molecule has 5 aliphatic rings. The van der Waals surface area contributed by atoms with E-state index < -0.39 is 41.4 Å². The van der Waals surface area contributed by atoms with E-state index in [0.29, 0.717) is 55.8 Å². The molecule has 2 aromatic carbocycles. The Hall–Kier alpha value is -4.48. The fourth-order valence-corrected chi connectivity index (χ4v) is 7.23. The van der Waals surface area contributed by atoms with Gasteiger partial charge in [-0.2, -0.15) is 0 Å². The minimum atomic E-state index is -1.54. The molecular weight excluding hydrogens is 607 g/mol. The lowest BCUT2D eigenvalue weighted by molar-refractivity contribution is -0.143. The largest absolute Gasteiger partial charge is 0.444 e. The molecule has 2 aliphatic heterocycles. The van der Waals surface area contributed by atoms with E-state index in [1.807, 2.05) is 0 Å². The first-order valence-electron chi connectivity index (χ1n) is 16.3. The summed E-state index contributed by atoms with van der Waals surface area (Å²) < 4.78 is 25.0. The number of aryl methyl sites for hydroxylation is 2. The molecule has 2 atom stereocenters. The molecule has 3 fully saturated rings. The fourth-order valence-electron chi connectivity index (χ4n) is 7.23. The predicted molar refractivity (Wildman–Crippen MR) is 166 cm³/mol. The molecule has 0 radical (unpaired) electrons. The predicted octanol–water partition coefficient (Wildman–Crippen LogP) is 4.70. The van der Waals surface area contributed by atoms with Gasteiger partial charge in [0.25, 0.3) is 5.91 Å². The number of nitrogens with one attached hydrogen (secondary N) is 2. The zero-order valence-electron chi connectivity index (χ0n) is 26.8. The Bertz CT molecular complexity index is 1690. The summed E-state index contributed by atoms with van der Waals surface area (Å²) >= 11 is 0. The summed E-state index contributed by atoms with van der Waals surface area (Å²) in [7, 11) is 0. The Kier molecular flexibility index (Phi) is 7.32. The van der Waals surface area contributed by atoms with Gasteiger partial charge in [0.1, 0.15) is 23.5 Å². The van der Waals surface area contributed by atoms with Crippen molar-refractivity contribution in [3.05, 3.63) is 64.5 Å². The first-order chi connectivity index (χ1) is 22.3. The van der Waals surface area contributed by atoms with E-state index in [9.17, 15) is 28.4 Å². The van der Waals surface area contributed by atoms with Crippen molar-refractivity contribution in [2.24, 2.45) is 5.92 Å². The van der Waals surface area contributed by atoms with Gasteiger partial charge in [-0.15, -0.1) is 0 Å². The lowest BCUT2D eigenvalue weighted by Gasteiger charge is -2.31. The van der Waals surface area contributed by atoms with Crippen molar-refractivity contribution in [1.82, 2.24) is 15.1 Å². The molecule has 2 aromatic rings. The third-order valence-corrected chi connectivity index (χ3v) is 9.94. The van der Waals surface area contributed by atoms with Crippen molar-refractivity contribution in [2.45, 2.75) is 101 Å². The summed E-state index contributed by atoms with van der Waals surface area (Å²) in [5.74, 6) is -1.24. The fraction of sp³-hybridized carbons (Fsp3) is 0.514. The molecule has 1 saturated heterocycles. The highest BCUT2D eigenvalue weighted by Gasteiger charge is 2.59. The Morgan fingerprint density at radius 3 is 2.45 bits per heavy atom. The highest BCUT2D eigenvalue weighted by molar-refractivity contribution is 6.07. The standard InChI is InChI=1S/C35H39FN4O7/c1-33(2,3)46-31(44)38-34(14-15-34)29(42)37-25-9-10-26-22(17-25)12-13-35(26)30(43)40(32(45)47-35)19-28(41)39-18-23-6-8-24(36)16-21(23)7-11-27(39)20-4-5-20/h6,8-10,16-17,20,27H,4-5,7,11-15,18-19H2,1-3H3,(H,37,42)(H,38,44)/t27-,35+/m1/s1. The molecule has 2 saturated carbocycles. The number of carbonyl (C=O) groups is 5. The Morgan fingerprint density at radius 1 is 0.979 bits per heavy atom. The summed E-state index contributed by atoms with van der Waals surface area (Å²) in [6, 6.07) is 9.64. The Balaban J connectivity index is 1.04. The third-order valence-electron chi connectivity index (χ3n) is 9.94. The third kappa shape index (κ3) is 5.82. The Labute approximate surface area is 272 Å². The molecule has 12 heteroatoms. The van der Waals surface area contributed by atoms with Gasteiger partial charge in [-0.3, -0.25) is 14.4 Å². The van der Waals surface area contributed by atoms with Crippen LogP contribution in [0.5, 0.6) is 0 Å². The monoisotopic (exact) mass is 646 g/mol. The average Bonchev–Trinajstić information content (AvgIpc) is 3.92. The SMILES string of the molecule is CC(C)(C)OC(=O)NC1(C(=O)Nc2ccc3c(c2)CC[C@]32OC(=O)N(CC(=O)N3Cc4ccc(F)cc4CC[C@@H]3C3CC3)C2=O)CC1. The summed E-state index contributed by atoms with van der Waals surface area (Å²) in [5.41, 5.74) is 0.226. The molecule has 7 rings (SSSR count). The van der Waals surface area contributed by atoms with E-state index >= 15 is 0 Å². The van der Waals surface area contributed by atoms with Gasteiger partial charge in [0.15, 0.2) is 0 Å². The lowest BCUT2D eigenvalue weighted by Crippen LogP contribution is -2.48. The highest BCUT2D eigenvalue weighted by Crippen LogP contribution is 2.47. The molecule has 2 heterocycles. The van der Waals surface area contributed by atoms with Gasteiger partial charge in [-0.1, -0.05) is 12.1 Å². The van der Waals surface area contributed by atoms with Crippen LogP contribution in [0, 0.1) is 11.7 Å². The van der Waals surface area contributed by atoms with E-state index in [1.54, 1.807) is 49.9 Å². The molecule has 0 unspecified atom stereocenters. The molecule has 1 spiro atoms. The van der Waals surface area contributed by atoms with Gasteiger partial charge in [-0.25, -0.2) is 18.9 Å². The molecule has 0 aromatic heterocycles. The van der Waals surface area contributed by atoms with Gasteiger partial charge in [0.2, 0.25) is 17.4 Å². The molecule has 0 bridgehead atoms. The van der Waals surface area contributed by atoms with Crippen LogP contribution in [0.15, 0.2) is 36.4 Å². The van der Waals surface area contributed by atoms with Crippen molar-refractivity contribution in [1.29, 1.82) is 0 Å². The molecule has 5 amide bonds. The number of fused-ring (bicyclic) bond motifs is 3. The number of ether oxygens (including phenoxy) is 2. The zero-order chi connectivity index (χ0) is 33.3. The van der Waals surface area contributed by atoms with Gasteiger partial charge in [-0.05, 0) is 113 Å². The number of rotatable bonds is 6. The summed E-state index contributed by atoms with van der Waals surface area (Å²) in [6.07, 6.45) is 3.44. The summed E-state index contributed by atoms with van der Waals surface area (Å²) in [4.78, 5) is 69.0. The smallest absolute Gasteiger partial charge is 0.418 e. The van der Waals surface area contributed by atoms with Crippen molar-refractivity contribution < 1.29 is 37.8 Å². The second-order valence-electron chi connectivity index (χ2n) is 14.5. The second-order valence-corrected chi connectivity index (χ2v) is 14.5. The van der Waals surface area contributed by atoms with E-state index in [-0.39, 0.29) is 30.1 Å². The maximum atomic E-state index is 14.0. The minimum absolute atomic E-state index is 0.0457. The topological polar surface area (TPSA) is 134 Å². The van der Waals surface area contributed by atoms with Crippen LogP contribution in [-0.4, -0.2) is 63.4 Å². The van der Waals surface area contributed by atoms with Crippen LogP contribution in [0.1, 0.15) is 81.5 Å². The number of hydrogen-bond acceptors (Lipinski definition) is 7. The molecule has 2 N–H and O–H groups in total. The van der Waals surface area contributed by atoms with E-state index in [2.05, 4.69) is 10.6 Å². The number of amides is 5. The number of halogens is 1. The van der Waals surface area contributed by atoms with E-state index in [4.69, 9.17) is 9.47 Å². The number of carbonyl (C=O) groups excluding carboxylic acids is 5. The molecule has 47 heavy (non-hydrogen) atoms. The van der Waals surface area contributed by atoms with Crippen LogP contribution in [0.3, 0.4) is 0 Å². The van der Waals surface area contributed by atoms with Crippen LogP contribution >= 0.6 is 0 Å². The highest BCUT2D eigenvalue weighted by atomic mass is 19.1. The van der Waals surface area contributed by atoms with Gasteiger partial charge >= 0.3 is 12.2 Å². The zero-order valence-corrected chi connectivity index (χ0v) is 26.8. The summed E-state index contributed by atoms with van der Waals surface area (Å²) in [5, 5.41) is 5.55. The van der Waals surface area contributed by atoms with Crippen LogP contribution in [0.25, 0.3) is 0 Å². The minimum Gasteiger partial charge on any atom is -0.444 e. The molecule has 3 aliphatic carbocycles. The Morgan fingerprint density at radius 2 is 1.74 bits per heavy atom. The summed E-state index contributed by atoms with van der Waals surface area (Å²) in [6.45, 7) is 5.10. The first kappa shape index (κ1) is 31.1.